The number of Topliss-reactive ketones (excluding diaryl/α,β-unsaturated/α-hetero) is 1. The van der Waals surface area contributed by atoms with Crippen LogP contribution in [-0.4, -0.2) is 12.3 Å². The van der Waals surface area contributed by atoms with Gasteiger partial charge in [-0.1, -0.05) is 45.0 Å². The summed E-state index contributed by atoms with van der Waals surface area (Å²) in [6.45, 7) is 7.76. The van der Waals surface area contributed by atoms with Crippen molar-refractivity contribution >= 4 is 5.78 Å². The molecule has 0 aromatic heterocycles. The maximum atomic E-state index is 11.7. The van der Waals surface area contributed by atoms with Crippen LogP contribution in [0, 0.1) is 5.92 Å². The van der Waals surface area contributed by atoms with Crippen molar-refractivity contribution < 1.29 is 4.79 Å². The Bertz CT molecular complexity index is 314. The Hall–Kier alpha value is -1.15. The van der Waals surface area contributed by atoms with E-state index in [0.717, 1.165) is 18.7 Å². The number of hydrogen-bond acceptors (Lipinski definition) is 2. The maximum Gasteiger partial charge on any atom is 0.165 e. The fourth-order valence-electron chi connectivity index (χ4n) is 1.39. The number of hydrogen-bond donors (Lipinski definition) is 1. The van der Waals surface area contributed by atoms with Gasteiger partial charge in [-0.15, -0.1) is 0 Å². The van der Waals surface area contributed by atoms with Gasteiger partial charge in [0.2, 0.25) is 0 Å². The van der Waals surface area contributed by atoms with Crippen molar-refractivity contribution in [1.82, 2.24) is 5.32 Å². The minimum absolute atomic E-state index is 0.0737. The fraction of sp³-hybridized carbons (Fsp3) is 0.462. The van der Waals surface area contributed by atoms with E-state index in [-0.39, 0.29) is 11.7 Å². The largest absolute Gasteiger partial charge is 0.313 e. The van der Waals surface area contributed by atoms with Gasteiger partial charge in [-0.05, 0) is 12.1 Å². The molecule has 0 aliphatic heterocycles. The molecule has 0 radical (unpaired) electrons. The minimum Gasteiger partial charge on any atom is -0.313 e. The first kappa shape index (κ1) is 11.9. The minimum atomic E-state index is 0.0737. The van der Waals surface area contributed by atoms with Crippen LogP contribution in [0.3, 0.4) is 0 Å². The zero-order valence-electron chi connectivity index (χ0n) is 9.71. The number of carbonyl (C=O) groups excluding carboxylic acids is 1. The van der Waals surface area contributed by atoms with Gasteiger partial charge in [0.05, 0.1) is 0 Å². The van der Waals surface area contributed by atoms with Crippen LogP contribution in [0.1, 0.15) is 36.7 Å². The molecule has 0 aliphatic carbocycles. The van der Waals surface area contributed by atoms with Crippen LogP contribution in [0.5, 0.6) is 0 Å². The highest BCUT2D eigenvalue weighted by molar-refractivity contribution is 5.97. The summed E-state index contributed by atoms with van der Waals surface area (Å²) in [4.78, 5) is 11.7. The molecule has 0 unspecified atom stereocenters. The molecule has 0 heterocycles. The van der Waals surface area contributed by atoms with Gasteiger partial charge in [0.1, 0.15) is 0 Å². The molecule has 1 aromatic rings. The lowest BCUT2D eigenvalue weighted by Gasteiger charge is -2.06. The molecule has 1 rings (SSSR count). The van der Waals surface area contributed by atoms with Gasteiger partial charge >= 0.3 is 0 Å². The van der Waals surface area contributed by atoms with E-state index in [9.17, 15) is 4.79 Å². The number of carbonyl (C=O) groups is 1. The fourth-order valence-corrected chi connectivity index (χ4v) is 1.39. The molecule has 0 aliphatic rings. The predicted molar refractivity (Wildman–Crippen MR) is 63.0 cm³/mol. The molecule has 2 heteroatoms. The lowest BCUT2D eigenvalue weighted by molar-refractivity contribution is 0.0939. The Balaban J connectivity index is 2.68. The van der Waals surface area contributed by atoms with Crippen LogP contribution < -0.4 is 5.32 Å². The summed E-state index contributed by atoms with van der Waals surface area (Å²) < 4.78 is 0. The first-order valence-corrected chi connectivity index (χ1v) is 5.49. The van der Waals surface area contributed by atoms with Crippen LogP contribution in [0.25, 0.3) is 0 Å². The van der Waals surface area contributed by atoms with Gasteiger partial charge in [0.25, 0.3) is 0 Å². The zero-order valence-corrected chi connectivity index (χ0v) is 9.71. The second kappa shape index (κ2) is 5.66. The van der Waals surface area contributed by atoms with Crippen LogP contribution in [0.15, 0.2) is 24.3 Å². The first-order chi connectivity index (χ1) is 7.15. The number of benzene rings is 1. The summed E-state index contributed by atoms with van der Waals surface area (Å²) in [6, 6.07) is 7.85. The summed E-state index contributed by atoms with van der Waals surface area (Å²) in [6.07, 6.45) is 0. The zero-order chi connectivity index (χ0) is 11.3. The quantitative estimate of drug-likeness (QED) is 0.749. The lowest BCUT2D eigenvalue weighted by atomic mass is 10.00. The Morgan fingerprint density at radius 1 is 1.27 bits per heavy atom. The highest BCUT2D eigenvalue weighted by Crippen LogP contribution is 2.09. The van der Waals surface area contributed by atoms with E-state index in [4.69, 9.17) is 0 Å². The van der Waals surface area contributed by atoms with Crippen molar-refractivity contribution in [2.75, 3.05) is 6.54 Å². The second-order valence-electron chi connectivity index (χ2n) is 4.00. The highest BCUT2D eigenvalue weighted by atomic mass is 16.1. The third-order valence-corrected chi connectivity index (χ3v) is 2.34. The molecule has 0 amide bonds. The third-order valence-electron chi connectivity index (χ3n) is 2.34. The van der Waals surface area contributed by atoms with E-state index in [2.05, 4.69) is 12.2 Å². The summed E-state index contributed by atoms with van der Waals surface area (Å²) in [5, 5.41) is 3.25. The Morgan fingerprint density at radius 3 is 2.33 bits per heavy atom. The molecule has 1 aromatic carbocycles. The van der Waals surface area contributed by atoms with Crippen LogP contribution >= 0.6 is 0 Å². The van der Waals surface area contributed by atoms with E-state index in [0.29, 0.717) is 0 Å². The molecular formula is C13H19NO. The number of ketones is 1. The molecule has 15 heavy (non-hydrogen) atoms. The van der Waals surface area contributed by atoms with Gasteiger partial charge in [0.15, 0.2) is 5.78 Å². The Morgan fingerprint density at radius 2 is 1.87 bits per heavy atom. The van der Waals surface area contributed by atoms with Gasteiger partial charge in [-0.2, -0.15) is 0 Å². The van der Waals surface area contributed by atoms with Crippen molar-refractivity contribution in [3.63, 3.8) is 0 Å². The number of rotatable bonds is 5. The van der Waals surface area contributed by atoms with Crippen molar-refractivity contribution in [3.8, 4) is 0 Å². The second-order valence-corrected chi connectivity index (χ2v) is 4.00. The van der Waals surface area contributed by atoms with Crippen LogP contribution in [-0.2, 0) is 6.54 Å². The van der Waals surface area contributed by atoms with Crippen LogP contribution in [0.2, 0.25) is 0 Å². The van der Waals surface area contributed by atoms with Gasteiger partial charge in [-0.25, -0.2) is 0 Å². The maximum absolute atomic E-state index is 11.7. The van der Waals surface area contributed by atoms with Gasteiger partial charge < -0.3 is 5.32 Å². The molecule has 0 spiro atoms. The highest BCUT2D eigenvalue weighted by Gasteiger charge is 2.09. The summed E-state index contributed by atoms with van der Waals surface area (Å²) in [7, 11) is 0. The first-order valence-electron chi connectivity index (χ1n) is 5.49. The van der Waals surface area contributed by atoms with E-state index in [1.54, 1.807) is 0 Å². The molecule has 82 valence electrons. The molecular weight excluding hydrogens is 186 g/mol. The SMILES string of the molecule is CCNCc1ccc(C(=O)C(C)C)cc1. The standard InChI is InChI=1S/C13H19NO/c1-4-14-9-11-5-7-12(8-6-11)13(15)10(2)3/h5-8,10,14H,4,9H2,1-3H3. The number of nitrogens with one attached hydrogen (secondary N) is 1. The van der Waals surface area contributed by atoms with E-state index in [1.807, 2.05) is 38.1 Å². The predicted octanol–water partition coefficient (Wildman–Crippen LogP) is 2.63. The van der Waals surface area contributed by atoms with Gasteiger partial charge in [-0.3, -0.25) is 4.79 Å². The Kier molecular flexibility index (Phi) is 4.50. The summed E-state index contributed by atoms with van der Waals surface area (Å²) in [5.74, 6) is 0.287. The normalized spacial score (nSPS) is 10.7. The van der Waals surface area contributed by atoms with Crippen molar-refractivity contribution in [1.29, 1.82) is 0 Å². The van der Waals surface area contributed by atoms with E-state index in [1.165, 1.54) is 5.56 Å². The van der Waals surface area contributed by atoms with Crippen molar-refractivity contribution in [2.24, 2.45) is 5.92 Å². The smallest absolute Gasteiger partial charge is 0.165 e. The Labute approximate surface area is 91.7 Å². The molecule has 0 fully saturated rings. The van der Waals surface area contributed by atoms with Crippen molar-refractivity contribution in [2.45, 2.75) is 27.3 Å². The summed E-state index contributed by atoms with van der Waals surface area (Å²) >= 11 is 0. The summed E-state index contributed by atoms with van der Waals surface area (Å²) in [5.41, 5.74) is 2.03. The van der Waals surface area contributed by atoms with Gasteiger partial charge in [0, 0.05) is 18.0 Å². The molecule has 0 saturated heterocycles. The molecule has 2 nitrogen and oxygen atoms in total. The molecule has 1 N–H and O–H groups in total. The monoisotopic (exact) mass is 205 g/mol. The molecule has 0 saturated carbocycles. The lowest BCUT2D eigenvalue weighted by Crippen LogP contribution is -2.12. The third kappa shape index (κ3) is 3.48. The van der Waals surface area contributed by atoms with Crippen molar-refractivity contribution in [3.05, 3.63) is 35.4 Å². The van der Waals surface area contributed by atoms with Crippen LogP contribution in [0.4, 0.5) is 0 Å². The topological polar surface area (TPSA) is 29.1 Å². The van der Waals surface area contributed by atoms with E-state index >= 15 is 0 Å². The van der Waals surface area contributed by atoms with E-state index < -0.39 is 0 Å². The molecule has 0 bridgehead atoms. The molecule has 0 atom stereocenters. The average molecular weight is 205 g/mol. The average Bonchev–Trinajstić information content (AvgIpc) is 2.26.